The summed E-state index contributed by atoms with van der Waals surface area (Å²) in [6, 6.07) is 3.84. The number of likely N-dealkylation sites (tertiary alicyclic amines) is 1. The topological polar surface area (TPSA) is 68.5 Å². The molecule has 1 aliphatic carbocycles. The standard InChI is InChI=1S/C20H31N3O2.ClH/c1-19(2,3)13-23-11-15-6-5-7-16(12-23)20(15,25-4)14-8-9-22-17(10-14)18(21)24;/h8-10,15-16H,5-7,11-13H2,1-4H3,(H2,21,24);1H/t15-,16+,20?;. The van der Waals surface area contributed by atoms with Crippen molar-refractivity contribution in [2.24, 2.45) is 23.0 Å². The van der Waals surface area contributed by atoms with E-state index >= 15 is 0 Å². The Bertz CT molecular complexity index is 630. The van der Waals surface area contributed by atoms with Crippen LogP contribution < -0.4 is 5.73 Å². The van der Waals surface area contributed by atoms with E-state index in [1.54, 1.807) is 6.20 Å². The van der Waals surface area contributed by atoms with Crippen LogP contribution in [0.1, 0.15) is 56.1 Å². The number of amides is 1. The maximum Gasteiger partial charge on any atom is 0.267 e. The maximum atomic E-state index is 11.6. The van der Waals surface area contributed by atoms with Crippen LogP contribution in [0, 0.1) is 17.3 Å². The Hall–Kier alpha value is -1.17. The highest BCUT2D eigenvalue weighted by Gasteiger charge is 2.53. The van der Waals surface area contributed by atoms with Gasteiger partial charge in [-0.1, -0.05) is 27.2 Å². The molecule has 2 heterocycles. The Morgan fingerprint density at radius 3 is 2.46 bits per heavy atom. The molecule has 0 aromatic carbocycles. The van der Waals surface area contributed by atoms with Gasteiger partial charge in [-0.15, -0.1) is 12.4 Å². The first kappa shape index (κ1) is 21.1. The number of carbonyl (C=O) groups excluding carboxylic acids is 1. The molecular formula is C20H32ClN3O2. The van der Waals surface area contributed by atoms with Crippen LogP contribution in [0.3, 0.4) is 0 Å². The number of aromatic nitrogens is 1. The van der Waals surface area contributed by atoms with E-state index in [2.05, 4.69) is 30.7 Å². The highest BCUT2D eigenvalue weighted by molar-refractivity contribution is 5.90. The minimum atomic E-state index is -0.483. The van der Waals surface area contributed by atoms with Crippen molar-refractivity contribution in [1.29, 1.82) is 0 Å². The van der Waals surface area contributed by atoms with Crippen molar-refractivity contribution in [3.8, 4) is 0 Å². The van der Waals surface area contributed by atoms with Crippen LogP contribution in [-0.2, 0) is 10.3 Å². The number of primary amides is 1. The van der Waals surface area contributed by atoms with Gasteiger partial charge in [0.1, 0.15) is 11.3 Å². The molecule has 2 N–H and O–H groups in total. The molecule has 1 amide bonds. The van der Waals surface area contributed by atoms with Gasteiger partial charge in [0.15, 0.2) is 0 Å². The van der Waals surface area contributed by atoms with E-state index in [1.807, 2.05) is 19.2 Å². The normalized spacial score (nSPS) is 29.1. The van der Waals surface area contributed by atoms with E-state index in [0.717, 1.165) is 38.0 Å². The number of halogens is 1. The number of piperidine rings is 1. The summed E-state index contributed by atoms with van der Waals surface area (Å²) >= 11 is 0. The fourth-order valence-electron chi connectivity index (χ4n) is 5.06. The summed E-state index contributed by atoms with van der Waals surface area (Å²) in [5.74, 6) is 0.370. The lowest BCUT2D eigenvalue weighted by Gasteiger charge is -2.56. The molecule has 1 aliphatic heterocycles. The lowest BCUT2D eigenvalue weighted by atomic mass is 9.62. The lowest BCUT2D eigenvalue weighted by molar-refractivity contribution is -0.171. The molecule has 2 bridgehead atoms. The zero-order valence-corrected chi connectivity index (χ0v) is 17.1. The van der Waals surface area contributed by atoms with Gasteiger partial charge in [0, 0.05) is 44.8 Å². The first-order valence-corrected chi connectivity index (χ1v) is 9.30. The zero-order valence-electron chi connectivity index (χ0n) is 16.3. The van der Waals surface area contributed by atoms with Gasteiger partial charge in [-0.3, -0.25) is 9.78 Å². The van der Waals surface area contributed by atoms with Crippen molar-refractivity contribution in [3.63, 3.8) is 0 Å². The number of pyridine rings is 1. The predicted octanol–water partition coefficient (Wildman–Crippen LogP) is 3.22. The highest BCUT2D eigenvalue weighted by atomic mass is 35.5. The molecule has 5 nitrogen and oxygen atoms in total. The Labute approximate surface area is 163 Å². The fraction of sp³-hybridized carbons (Fsp3) is 0.700. The van der Waals surface area contributed by atoms with Crippen molar-refractivity contribution < 1.29 is 9.53 Å². The molecule has 146 valence electrons. The molecule has 1 saturated carbocycles. The van der Waals surface area contributed by atoms with Crippen molar-refractivity contribution in [2.45, 2.75) is 45.6 Å². The second-order valence-electron chi connectivity index (χ2n) is 8.87. The molecule has 3 atom stereocenters. The van der Waals surface area contributed by atoms with Gasteiger partial charge < -0.3 is 15.4 Å². The minimum Gasteiger partial charge on any atom is -0.373 e. The van der Waals surface area contributed by atoms with Gasteiger partial charge in [0.2, 0.25) is 0 Å². The van der Waals surface area contributed by atoms with E-state index in [4.69, 9.17) is 10.5 Å². The monoisotopic (exact) mass is 381 g/mol. The minimum absolute atomic E-state index is 0. The third-order valence-electron chi connectivity index (χ3n) is 5.77. The zero-order chi connectivity index (χ0) is 18.2. The molecular weight excluding hydrogens is 350 g/mol. The van der Waals surface area contributed by atoms with Crippen LogP contribution in [0.5, 0.6) is 0 Å². The average molecular weight is 382 g/mol. The number of ether oxygens (including phenoxy) is 1. The predicted molar refractivity (Wildman–Crippen MR) is 105 cm³/mol. The van der Waals surface area contributed by atoms with E-state index in [-0.39, 0.29) is 23.4 Å². The van der Waals surface area contributed by atoms with E-state index < -0.39 is 5.91 Å². The molecule has 1 saturated heterocycles. The lowest BCUT2D eigenvalue weighted by Crippen LogP contribution is -2.60. The number of fused-ring (bicyclic) bond motifs is 2. The molecule has 3 rings (SSSR count). The molecule has 1 unspecified atom stereocenters. The third-order valence-corrected chi connectivity index (χ3v) is 5.77. The molecule has 0 spiro atoms. The summed E-state index contributed by atoms with van der Waals surface area (Å²) < 4.78 is 6.24. The fourth-order valence-corrected chi connectivity index (χ4v) is 5.06. The number of nitrogens with two attached hydrogens (primary N) is 1. The summed E-state index contributed by atoms with van der Waals surface area (Å²) in [5, 5.41) is 0. The van der Waals surface area contributed by atoms with Gasteiger partial charge in [-0.05, 0) is 36.0 Å². The van der Waals surface area contributed by atoms with Crippen LogP contribution in [0.25, 0.3) is 0 Å². The molecule has 2 fully saturated rings. The molecule has 0 radical (unpaired) electrons. The van der Waals surface area contributed by atoms with Crippen molar-refractivity contribution in [2.75, 3.05) is 26.7 Å². The van der Waals surface area contributed by atoms with Crippen molar-refractivity contribution in [1.82, 2.24) is 9.88 Å². The number of methoxy groups -OCH3 is 1. The summed E-state index contributed by atoms with van der Waals surface area (Å²) in [6.45, 7) is 10.1. The Morgan fingerprint density at radius 1 is 1.35 bits per heavy atom. The van der Waals surface area contributed by atoms with E-state index in [0.29, 0.717) is 17.5 Å². The van der Waals surface area contributed by atoms with Crippen LogP contribution in [0.4, 0.5) is 0 Å². The second-order valence-corrected chi connectivity index (χ2v) is 8.87. The van der Waals surface area contributed by atoms with Crippen LogP contribution in [0.15, 0.2) is 18.3 Å². The summed E-state index contributed by atoms with van der Waals surface area (Å²) in [5.41, 5.74) is 6.79. The number of carbonyl (C=O) groups is 1. The van der Waals surface area contributed by atoms with Gasteiger partial charge in [0.05, 0.1) is 0 Å². The smallest absolute Gasteiger partial charge is 0.267 e. The van der Waals surface area contributed by atoms with Crippen LogP contribution in [0.2, 0.25) is 0 Å². The van der Waals surface area contributed by atoms with Crippen LogP contribution >= 0.6 is 12.4 Å². The first-order chi connectivity index (χ1) is 11.8. The molecule has 1 aromatic heterocycles. The van der Waals surface area contributed by atoms with Gasteiger partial charge >= 0.3 is 0 Å². The quantitative estimate of drug-likeness (QED) is 0.869. The molecule has 2 aliphatic rings. The van der Waals surface area contributed by atoms with Crippen molar-refractivity contribution in [3.05, 3.63) is 29.6 Å². The molecule has 1 aromatic rings. The van der Waals surface area contributed by atoms with Crippen molar-refractivity contribution >= 4 is 18.3 Å². The third kappa shape index (κ3) is 3.90. The number of hydrogen-bond donors (Lipinski definition) is 1. The number of hydrogen-bond acceptors (Lipinski definition) is 4. The van der Waals surface area contributed by atoms with Gasteiger partial charge in [-0.25, -0.2) is 0 Å². The highest BCUT2D eigenvalue weighted by Crippen LogP contribution is 2.51. The van der Waals surface area contributed by atoms with E-state index in [9.17, 15) is 4.79 Å². The second kappa shape index (κ2) is 7.83. The summed E-state index contributed by atoms with van der Waals surface area (Å²) in [6.07, 6.45) is 5.24. The molecule has 26 heavy (non-hydrogen) atoms. The van der Waals surface area contributed by atoms with Gasteiger partial charge in [-0.2, -0.15) is 0 Å². The summed E-state index contributed by atoms with van der Waals surface area (Å²) in [4.78, 5) is 18.3. The Morgan fingerprint density at radius 2 is 1.96 bits per heavy atom. The number of rotatable bonds is 4. The summed E-state index contributed by atoms with van der Waals surface area (Å²) in [7, 11) is 1.81. The average Bonchev–Trinajstić information content (AvgIpc) is 2.52. The largest absolute Gasteiger partial charge is 0.373 e. The SMILES string of the molecule is COC1(c2ccnc(C(N)=O)c2)[C@@H]2CCC[C@H]1CN(CC(C)(C)C)C2.Cl. The van der Waals surface area contributed by atoms with Gasteiger partial charge in [0.25, 0.3) is 5.91 Å². The van der Waals surface area contributed by atoms with E-state index in [1.165, 1.54) is 6.42 Å². The van der Waals surface area contributed by atoms with Crippen LogP contribution in [-0.4, -0.2) is 42.5 Å². The Kier molecular flexibility index (Phi) is 6.36. The maximum absolute atomic E-state index is 11.6. The Balaban J connectivity index is 0.00000243. The first-order valence-electron chi connectivity index (χ1n) is 9.30. The molecule has 6 heteroatoms. The number of nitrogens with zero attached hydrogens (tertiary/aromatic N) is 2.